The van der Waals surface area contributed by atoms with Gasteiger partial charge in [-0.25, -0.2) is 0 Å². The second kappa shape index (κ2) is 9.35. The number of nitrogens with one attached hydrogen (secondary N) is 3. The van der Waals surface area contributed by atoms with Crippen LogP contribution >= 0.6 is 11.8 Å². The molecule has 9 heteroatoms. The van der Waals surface area contributed by atoms with Gasteiger partial charge in [0.25, 0.3) is 0 Å². The van der Waals surface area contributed by atoms with Crippen molar-refractivity contribution in [3.05, 3.63) is 42.1 Å². The van der Waals surface area contributed by atoms with E-state index in [0.29, 0.717) is 25.4 Å². The van der Waals surface area contributed by atoms with Gasteiger partial charge in [0, 0.05) is 31.9 Å². The number of nitrogens with zero attached hydrogens (tertiary/aromatic N) is 3. The Morgan fingerprint density at radius 2 is 2.19 bits per heavy atom. The maximum absolute atomic E-state index is 12.3. The molecular formula is C17H22N6O2S. The van der Waals surface area contributed by atoms with Crippen LogP contribution in [0.2, 0.25) is 0 Å². The lowest BCUT2D eigenvalue weighted by Gasteiger charge is -2.34. The van der Waals surface area contributed by atoms with E-state index in [1.54, 1.807) is 6.20 Å². The molecule has 1 fully saturated rings. The number of hydrogen-bond donors (Lipinski definition) is 3. The van der Waals surface area contributed by atoms with Crippen molar-refractivity contribution < 1.29 is 9.59 Å². The van der Waals surface area contributed by atoms with Gasteiger partial charge in [-0.3, -0.25) is 14.5 Å². The maximum atomic E-state index is 12.3. The first-order valence-electron chi connectivity index (χ1n) is 8.53. The number of aromatic nitrogens is 3. The van der Waals surface area contributed by atoms with Crippen molar-refractivity contribution in [2.24, 2.45) is 0 Å². The number of aromatic amines is 1. The monoisotopic (exact) mass is 374 g/mol. The Balaban J connectivity index is 1.48. The first-order valence-corrected chi connectivity index (χ1v) is 9.52. The number of benzene rings is 1. The van der Waals surface area contributed by atoms with E-state index in [1.807, 2.05) is 30.3 Å². The first-order chi connectivity index (χ1) is 12.7. The summed E-state index contributed by atoms with van der Waals surface area (Å²) < 4.78 is 0. The maximum Gasteiger partial charge on any atom is 0.237 e. The molecule has 1 atom stereocenters. The van der Waals surface area contributed by atoms with E-state index in [2.05, 4.69) is 30.9 Å². The number of H-pyrrole nitrogens is 1. The van der Waals surface area contributed by atoms with Crippen LogP contribution in [0.5, 0.6) is 0 Å². The van der Waals surface area contributed by atoms with E-state index >= 15 is 0 Å². The summed E-state index contributed by atoms with van der Waals surface area (Å²) in [6.45, 7) is 2.52. The molecule has 1 aliphatic rings. The highest BCUT2D eigenvalue weighted by Crippen LogP contribution is 2.14. The number of piperazine rings is 1. The second-order valence-electron chi connectivity index (χ2n) is 5.97. The van der Waals surface area contributed by atoms with Crippen LogP contribution in [0, 0.1) is 0 Å². The normalized spacial score (nSPS) is 17.7. The molecule has 0 aliphatic carbocycles. The molecule has 1 saturated heterocycles. The van der Waals surface area contributed by atoms with Gasteiger partial charge in [0.2, 0.25) is 11.8 Å². The average molecular weight is 374 g/mol. The van der Waals surface area contributed by atoms with Gasteiger partial charge in [-0.2, -0.15) is 10.3 Å². The second-order valence-corrected chi connectivity index (χ2v) is 7.09. The van der Waals surface area contributed by atoms with Crippen molar-refractivity contribution in [1.82, 2.24) is 30.9 Å². The first kappa shape index (κ1) is 18.4. The van der Waals surface area contributed by atoms with Crippen LogP contribution in [-0.4, -0.2) is 63.6 Å². The smallest absolute Gasteiger partial charge is 0.237 e. The third-order valence-electron chi connectivity index (χ3n) is 4.12. The minimum Gasteiger partial charge on any atom is -0.355 e. The van der Waals surface area contributed by atoms with Gasteiger partial charge in [-0.1, -0.05) is 30.3 Å². The Morgan fingerprint density at radius 1 is 1.35 bits per heavy atom. The molecule has 3 rings (SSSR count). The average Bonchev–Trinajstić information content (AvgIpc) is 3.16. The van der Waals surface area contributed by atoms with Crippen molar-refractivity contribution in [1.29, 1.82) is 0 Å². The van der Waals surface area contributed by atoms with Crippen molar-refractivity contribution >= 4 is 23.6 Å². The Labute approximate surface area is 156 Å². The molecule has 3 N–H and O–H groups in total. The highest BCUT2D eigenvalue weighted by atomic mass is 32.2. The van der Waals surface area contributed by atoms with Gasteiger partial charge >= 0.3 is 0 Å². The summed E-state index contributed by atoms with van der Waals surface area (Å²) in [5, 5.41) is 16.7. The molecule has 1 aromatic carbocycles. The molecule has 1 aliphatic heterocycles. The minimum atomic E-state index is -0.438. The van der Waals surface area contributed by atoms with Crippen LogP contribution in [0.3, 0.4) is 0 Å². The van der Waals surface area contributed by atoms with Crippen LogP contribution in [0.4, 0.5) is 0 Å². The highest BCUT2D eigenvalue weighted by molar-refractivity contribution is 7.99. The molecule has 8 nitrogen and oxygen atoms in total. The molecule has 0 spiro atoms. The molecule has 0 saturated carbocycles. The quantitative estimate of drug-likeness (QED) is 0.457. The van der Waals surface area contributed by atoms with E-state index in [4.69, 9.17) is 0 Å². The molecule has 0 radical (unpaired) electrons. The number of amides is 2. The summed E-state index contributed by atoms with van der Waals surface area (Å²) in [6.07, 6.45) is 1.80. The Morgan fingerprint density at radius 3 is 2.96 bits per heavy atom. The predicted octanol–water partition coefficient (Wildman–Crippen LogP) is 0.404. The zero-order valence-electron chi connectivity index (χ0n) is 14.4. The number of thioether (sulfide) groups is 1. The van der Waals surface area contributed by atoms with Crippen molar-refractivity contribution in [3.8, 4) is 0 Å². The lowest BCUT2D eigenvalue weighted by Crippen LogP contribution is -2.56. The summed E-state index contributed by atoms with van der Waals surface area (Å²) in [5.74, 6) is 0.494. The molecule has 0 bridgehead atoms. The molecule has 1 aromatic heterocycles. The zero-order valence-corrected chi connectivity index (χ0v) is 15.2. The molecule has 26 heavy (non-hydrogen) atoms. The summed E-state index contributed by atoms with van der Waals surface area (Å²) in [6, 6.07) is 9.55. The Bertz CT molecular complexity index is 709. The van der Waals surface area contributed by atoms with E-state index in [0.717, 1.165) is 17.1 Å². The molecule has 2 aromatic rings. The number of hydrogen-bond acceptors (Lipinski definition) is 6. The fourth-order valence-corrected chi connectivity index (χ4v) is 3.49. The fourth-order valence-electron chi connectivity index (χ4n) is 2.85. The lowest BCUT2D eigenvalue weighted by molar-refractivity contribution is -0.134. The topological polar surface area (TPSA) is 103 Å². The van der Waals surface area contributed by atoms with Crippen molar-refractivity contribution in [3.63, 3.8) is 0 Å². The molecule has 2 heterocycles. The van der Waals surface area contributed by atoms with Gasteiger partial charge in [-0.05, 0) is 5.56 Å². The molecule has 138 valence electrons. The van der Waals surface area contributed by atoms with E-state index < -0.39 is 6.04 Å². The summed E-state index contributed by atoms with van der Waals surface area (Å²) in [5.41, 5.74) is 1.14. The van der Waals surface area contributed by atoms with Gasteiger partial charge in [0.05, 0.1) is 18.7 Å². The number of carbonyl (C=O) groups excluding carboxylic acids is 2. The summed E-state index contributed by atoms with van der Waals surface area (Å²) in [7, 11) is 0. The highest BCUT2D eigenvalue weighted by Gasteiger charge is 2.31. The van der Waals surface area contributed by atoms with Crippen molar-refractivity contribution in [2.45, 2.75) is 24.0 Å². The van der Waals surface area contributed by atoms with Crippen LogP contribution in [0.1, 0.15) is 12.0 Å². The Kier molecular flexibility index (Phi) is 6.62. The van der Waals surface area contributed by atoms with Gasteiger partial charge in [-0.15, -0.1) is 16.9 Å². The van der Waals surface area contributed by atoms with E-state index in [9.17, 15) is 9.59 Å². The third kappa shape index (κ3) is 5.30. The molecule has 0 unspecified atom stereocenters. The minimum absolute atomic E-state index is 0.0840. The number of rotatable bonds is 8. The summed E-state index contributed by atoms with van der Waals surface area (Å²) in [4.78, 5) is 26.6. The molecular weight excluding hydrogens is 352 g/mol. The summed E-state index contributed by atoms with van der Waals surface area (Å²) >= 11 is 1.51. The van der Waals surface area contributed by atoms with Crippen LogP contribution in [0.15, 0.2) is 41.6 Å². The van der Waals surface area contributed by atoms with E-state index in [1.165, 1.54) is 11.8 Å². The third-order valence-corrected chi connectivity index (χ3v) is 5.02. The number of carbonyl (C=O) groups is 2. The van der Waals surface area contributed by atoms with Crippen LogP contribution in [-0.2, 0) is 16.1 Å². The standard InChI is InChI=1S/C17H22N6O2S/c24-15(18-7-9-26-16-11-20-22-21-16)10-14-17(25)19-6-8-23(14)12-13-4-2-1-3-5-13/h1-5,11,14H,6-10,12H2,(H,18,24)(H,19,25)(H,20,21,22)/t14-/m1/s1. The lowest BCUT2D eigenvalue weighted by atomic mass is 10.1. The van der Waals surface area contributed by atoms with Gasteiger partial charge < -0.3 is 10.6 Å². The van der Waals surface area contributed by atoms with Gasteiger partial charge in [0.1, 0.15) is 5.03 Å². The van der Waals surface area contributed by atoms with E-state index in [-0.39, 0.29) is 18.2 Å². The fraction of sp³-hybridized carbons (Fsp3) is 0.412. The predicted molar refractivity (Wildman–Crippen MR) is 98.4 cm³/mol. The molecule has 2 amide bonds. The largest absolute Gasteiger partial charge is 0.355 e. The Hall–Kier alpha value is -2.39. The zero-order chi connectivity index (χ0) is 18.2. The van der Waals surface area contributed by atoms with Gasteiger partial charge in [0.15, 0.2) is 0 Å². The SMILES string of the molecule is O=C(C[C@@H]1C(=O)NCCN1Cc1ccccc1)NCCSc1cn[nH]n1. The van der Waals surface area contributed by atoms with Crippen LogP contribution < -0.4 is 10.6 Å². The van der Waals surface area contributed by atoms with Crippen LogP contribution in [0.25, 0.3) is 0 Å². The van der Waals surface area contributed by atoms with Crippen molar-refractivity contribution in [2.75, 3.05) is 25.4 Å².